The molecular formula is C17H31N3O3Si. The van der Waals surface area contributed by atoms with Gasteiger partial charge in [0, 0.05) is 39.6 Å². The van der Waals surface area contributed by atoms with E-state index < -0.39 is 8.80 Å². The molecule has 0 radical (unpaired) electrons. The molecule has 0 bridgehead atoms. The highest BCUT2D eigenvalue weighted by Crippen LogP contribution is 2.30. The fourth-order valence-electron chi connectivity index (χ4n) is 2.71. The Hall–Kier alpha value is -1.09. The maximum atomic E-state index is 5.73. The summed E-state index contributed by atoms with van der Waals surface area (Å²) in [6, 6.07) is 10.2. The SMILES string of the molecule is CO[Si](OC)(OC)C(CCN)CCNCC=NCc1ccccc1. The third-order valence-corrected chi connectivity index (χ3v) is 7.30. The van der Waals surface area contributed by atoms with Gasteiger partial charge in [-0.1, -0.05) is 30.3 Å². The van der Waals surface area contributed by atoms with E-state index in [0.29, 0.717) is 13.1 Å². The van der Waals surface area contributed by atoms with Crippen molar-refractivity contribution >= 4 is 15.0 Å². The van der Waals surface area contributed by atoms with Crippen molar-refractivity contribution in [2.75, 3.05) is 41.0 Å². The molecule has 24 heavy (non-hydrogen) atoms. The van der Waals surface area contributed by atoms with Crippen LogP contribution in [0.25, 0.3) is 0 Å². The van der Waals surface area contributed by atoms with Crippen LogP contribution in [0.3, 0.4) is 0 Å². The Morgan fingerprint density at radius 2 is 1.79 bits per heavy atom. The van der Waals surface area contributed by atoms with Crippen LogP contribution in [-0.2, 0) is 19.8 Å². The van der Waals surface area contributed by atoms with E-state index in [1.54, 1.807) is 21.3 Å². The molecule has 0 aromatic heterocycles. The molecule has 3 N–H and O–H groups in total. The molecule has 136 valence electrons. The third kappa shape index (κ3) is 6.80. The van der Waals surface area contributed by atoms with E-state index in [1.165, 1.54) is 5.56 Å². The van der Waals surface area contributed by atoms with Crippen LogP contribution in [0, 0.1) is 0 Å². The number of hydrogen-bond donors (Lipinski definition) is 2. The normalized spacial score (nSPS) is 13.5. The number of rotatable bonds is 13. The van der Waals surface area contributed by atoms with E-state index in [-0.39, 0.29) is 5.54 Å². The lowest BCUT2D eigenvalue weighted by molar-refractivity contribution is 0.108. The topological polar surface area (TPSA) is 78.1 Å². The van der Waals surface area contributed by atoms with E-state index in [2.05, 4.69) is 22.4 Å². The van der Waals surface area contributed by atoms with Crippen LogP contribution in [0.5, 0.6) is 0 Å². The average molecular weight is 354 g/mol. The summed E-state index contributed by atoms with van der Waals surface area (Å²) in [5.74, 6) is 0. The molecule has 0 fully saturated rings. The summed E-state index contributed by atoms with van der Waals surface area (Å²) in [5, 5.41) is 3.37. The molecule has 0 saturated carbocycles. The summed E-state index contributed by atoms with van der Waals surface area (Å²) in [4.78, 5) is 4.42. The Morgan fingerprint density at radius 3 is 2.38 bits per heavy atom. The van der Waals surface area contributed by atoms with Crippen molar-refractivity contribution in [1.82, 2.24) is 5.32 Å². The molecule has 1 atom stereocenters. The third-order valence-electron chi connectivity index (χ3n) is 4.02. The molecule has 1 rings (SSSR count). The molecule has 1 aromatic carbocycles. The van der Waals surface area contributed by atoms with Gasteiger partial charge in [0.1, 0.15) is 0 Å². The quantitative estimate of drug-likeness (QED) is 0.321. The molecule has 1 aromatic rings. The van der Waals surface area contributed by atoms with Gasteiger partial charge in [-0.2, -0.15) is 0 Å². The number of nitrogens with zero attached hydrogens (tertiary/aromatic N) is 1. The van der Waals surface area contributed by atoms with E-state index in [1.807, 2.05) is 24.4 Å². The van der Waals surface area contributed by atoms with Crippen LogP contribution in [0.15, 0.2) is 35.3 Å². The van der Waals surface area contributed by atoms with Crippen LogP contribution in [0.2, 0.25) is 5.54 Å². The number of benzene rings is 1. The number of nitrogens with two attached hydrogens (primary N) is 1. The zero-order chi connectivity index (χ0) is 17.7. The lowest BCUT2D eigenvalue weighted by Gasteiger charge is -2.32. The van der Waals surface area contributed by atoms with Crippen molar-refractivity contribution in [2.45, 2.75) is 24.9 Å². The second-order valence-electron chi connectivity index (χ2n) is 5.49. The van der Waals surface area contributed by atoms with Gasteiger partial charge in [0.15, 0.2) is 0 Å². The summed E-state index contributed by atoms with van der Waals surface area (Å²) in [6.45, 7) is 2.88. The first-order chi connectivity index (χ1) is 11.7. The fraction of sp³-hybridized carbons (Fsp3) is 0.588. The summed E-state index contributed by atoms with van der Waals surface area (Å²) < 4.78 is 16.7. The molecule has 0 aliphatic heterocycles. The lowest BCUT2D eigenvalue weighted by Crippen LogP contribution is -2.49. The first kappa shape index (κ1) is 21.0. The van der Waals surface area contributed by atoms with Gasteiger partial charge in [-0.25, -0.2) is 0 Å². The van der Waals surface area contributed by atoms with Gasteiger partial charge in [-0.3, -0.25) is 4.99 Å². The van der Waals surface area contributed by atoms with Gasteiger partial charge in [-0.15, -0.1) is 0 Å². The molecule has 0 heterocycles. The van der Waals surface area contributed by atoms with Gasteiger partial charge in [0.2, 0.25) is 0 Å². The zero-order valence-electron chi connectivity index (χ0n) is 15.0. The molecule has 1 unspecified atom stereocenters. The first-order valence-corrected chi connectivity index (χ1v) is 10.1. The summed E-state index contributed by atoms with van der Waals surface area (Å²) in [7, 11) is 2.29. The van der Waals surface area contributed by atoms with E-state index in [4.69, 9.17) is 19.0 Å². The fourth-order valence-corrected chi connectivity index (χ4v) is 5.23. The highest BCUT2D eigenvalue weighted by molar-refractivity contribution is 6.62. The highest BCUT2D eigenvalue weighted by Gasteiger charge is 2.46. The Labute approximate surface area is 146 Å². The minimum Gasteiger partial charge on any atom is -0.377 e. The predicted octanol–water partition coefficient (Wildman–Crippen LogP) is 1.83. The van der Waals surface area contributed by atoms with Crippen molar-refractivity contribution in [3.05, 3.63) is 35.9 Å². The van der Waals surface area contributed by atoms with Crippen LogP contribution in [-0.4, -0.2) is 56.0 Å². The number of nitrogens with one attached hydrogen (secondary N) is 1. The standard InChI is InChI=1S/C17H31N3O3Si/c1-21-24(22-2,23-3)17(9-11-18)10-12-19-13-14-20-15-16-7-5-4-6-8-16/h4-8,14,17,19H,9-13,15,18H2,1-3H3. The van der Waals surface area contributed by atoms with E-state index >= 15 is 0 Å². The van der Waals surface area contributed by atoms with E-state index in [9.17, 15) is 0 Å². The summed E-state index contributed by atoms with van der Waals surface area (Å²) in [5.41, 5.74) is 7.14. The summed E-state index contributed by atoms with van der Waals surface area (Å²) in [6.07, 6.45) is 3.63. The highest BCUT2D eigenvalue weighted by atomic mass is 28.4. The Bertz CT molecular complexity index is 447. The second kappa shape index (κ2) is 12.3. The van der Waals surface area contributed by atoms with Crippen molar-refractivity contribution in [1.29, 1.82) is 0 Å². The van der Waals surface area contributed by atoms with Gasteiger partial charge in [-0.05, 0) is 31.5 Å². The van der Waals surface area contributed by atoms with Gasteiger partial charge < -0.3 is 24.3 Å². The number of aliphatic imine (C=N–C) groups is 1. The molecule has 0 amide bonds. The van der Waals surface area contributed by atoms with Crippen molar-refractivity contribution in [3.63, 3.8) is 0 Å². The van der Waals surface area contributed by atoms with E-state index in [0.717, 1.165) is 25.9 Å². The Kier molecular flexibility index (Phi) is 10.7. The largest absolute Gasteiger partial charge is 0.503 e. The van der Waals surface area contributed by atoms with Crippen molar-refractivity contribution < 1.29 is 13.3 Å². The maximum Gasteiger partial charge on any atom is 0.503 e. The monoisotopic (exact) mass is 353 g/mol. The molecule has 0 aliphatic carbocycles. The predicted molar refractivity (Wildman–Crippen MR) is 100 cm³/mol. The van der Waals surface area contributed by atoms with Crippen LogP contribution in [0.4, 0.5) is 0 Å². The molecule has 0 saturated heterocycles. The van der Waals surface area contributed by atoms with Crippen molar-refractivity contribution in [3.8, 4) is 0 Å². The van der Waals surface area contributed by atoms with Crippen LogP contribution < -0.4 is 11.1 Å². The average Bonchev–Trinajstić information content (AvgIpc) is 2.63. The first-order valence-electron chi connectivity index (χ1n) is 8.30. The molecule has 0 aliphatic rings. The minimum absolute atomic E-state index is 0.191. The summed E-state index contributed by atoms with van der Waals surface area (Å²) >= 11 is 0. The van der Waals surface area contributed by atoms with Crippen LogP contribution >= 0.6 is 0 Å². The van der Waals surface area contributed by atoms with Crippen molar-refractivity contribution in [2.24, 2.45) is 10.7 Å². The smallest absolute Gasteiger partial charge is 0.377 e. The molecule has 7 heteroatoms. The van der Waals surface area contributed by atoms with Gasteiger partial charge in [0.25, 0.3) is 0 Å². The lowest BCUT2D eigenvalue weighted by atomic mass is 10.2. The van der Waals surface area contributed by atoms with Crippen LogP contribution in [0.1, 0.15) is 18.4 Å². The minimum atomic E-state index is -2.64. The van der Waals surface area contributed by atoms with Gasteiger partial charge >= 0.3 is 8.80 Å². The Morgan fingerprint density at radius 1 is 1.12 bits per heavy atom. The Balaban J connectivity index is 2.32. The molecular weight excluding hydrogens is 322 g/mol. The molecule has 6 nitrogen and oxygen atoms in total. The zero-order valence-corrected chi connectivity index (χ0v) is 16.0. The van der Waals surface area contributed by atoms with Gasteiger partial charge in [0.05, 0.1) is 6.54 Å². The second-order valence-corrected chi connectivity index (χ2v) is 8.74. The molecule has 0 spiro atoms. The maximum absolute atomic E-state index is 5.73. The number of hydrogen-bond acceptors (Lipinski definition) is 6.